The zero-order valence-corrected chi connectivity index (χ0v) is 16.0. The van der Waals surface area contributed by atoms with Crippen molar-refractivity contribution < 1.29 is 17.9 Å². The van der Waals surface area contributed by atoms with Crippen molar-refractivity contribution in [2.45, 2.75) is 62.6 Å². The number of piperidine rings is 1. The number of fused-ring (bicyclic) bond motifs is 2. The smallest absolute Gasteiger partial charge is 0.243 e. The fourth-order valence-corrected chi connectivity index (χ4v) is 5.27. The molecule has 2 aliphatic heterocycles. The summed E-state index contributed by atoms with van der Waals surface area (Å²) < 4.78 is 38.9. The number of nitrogens with zero attached hydrogens (tertiary/aromatic N) is 1. The highest BCUT2D eigenvalue weighted by atomic mass is 32.2. The SMILES string of the molecule is CCOc1ccc(S(=O)(=O)N(C)C2CC3CCC(C2)N3)cc1OCC. The summed E-state index contributed by atoms with van der Waals surface area (Å²) >= 11 is 0. The molecular formula is C18H28N2O4S. The van der Waals surface area contributed by atoms with Gasteiger partial charge in [-0.2, -0.15) is 4.31 Å². The molecule has 25 heavy (non-hydrogen) atoms. The minimum absolute atomic E-state index is 0.0471. The summed E-state index contributed by atoms with van der Waals surface area (Å²) in [5, 5.41) is 3.56. The number of nitrogens with one attached hydrogen (secondary N) is 1. The van der Waals surface area contributed by atoms with E-state index in [1.807, 2.05) is 13.8 Å². The quantitative estimate of drug-likeness (QED) is 0.800. The van der Waals surface area contributed by atoms with Crippen molar-refractivity contribution in [3.05, 3.63) is 18.2 Å². The highest BCUT2D eigenvalue weighted by Crippen LogP contribution is 2.34. The predicted molar refractivity (Wildman–Crippen MR) is 96.7 cm³/mol. The van der Waals surface area contributed by atoms with Gasteiger partial charge in [0.25, 0.3) is 0 Å². The van der Waals surface area contributed by atoms with E-state index in [-0.39, 0.29) is 10.9 Å². The number of ether oxygens (including phenoxy) is 2. The van der Waals surface area contributed by atoms with Gasteiger partial charge < -0.3 is 14.8 Å². The Kier molecular flexibility index (Phi) is 5.55. The van der Waals surface area contributed by atoms with Crippen molar-refractivity contribution in [3.63, 3.8) is 0 Å². The van der Waals surface area contributed by atoms with E-state index >= 15 is 0 Å². The average Bonchev–Trinajstić information content (AvgIpc) is 2.94. The van der Waals surface area contributed by atoms with E-state index in [9.17, 15) is 8.42 Å². The van der Waals surface area contributed by atoms with Crippen molar-refractivity contribution in [3.8, 4) is 11.5 Å². The lowest BCUT2D eigenvalue weighted by atomic mass is 10.0. The molecule has 2 bridgehead atoms. The summed E-state index contributed by atoms with van der Waals surface area (Å²) in [5.41, 5.74) is 0. The molecule has 2 atom stereocenters. The van der Waals surface area contributed by atoms with Crippen molar-refractivity contribution >= 4 is 10.0 Å². The summed E-state index contributed by atoms with van der Waals surface area (Å²) in [6, 6.07) is 5.80. The van der Waals surface area contributed by atoms with Gasteiger partial charge >= 0.3 is 0 Å². The van der Waals surface area contributed by atoms with Gasteiger partial charge in [-0.3, -0.25) is 0 Å². The van der Waals surface area contributed by atoms with E-state index in [0.717, 1.165) is 25.7 Å². The normalized spacial score (nSPS) is 26.0. The number of hydrogen-bond donors (Lipinski definition) is 1. The second-order valence-corrected chi connectivity index (χ2v) is 8.76. The van der Waals surface area contributed by atoms with E-state index in [4.69, 9.17) is 9.47 Å². The van der Waals surface area contributed by atoms with Gasteiger partial charge in [0.15, 0.2) is 11.5 Å². The Morgan fingerprint density at radius 1 is 1.08 bits per heavy atom. The molecular weight excluding hydrogens is 340 g/mol. The van der Waals surface area contributed by atoms with Gasteiger partial charge in [0.1, 0.15) is 0 Å². The zero-order valence-electron chi connectivity index (χ0n) is 15.2. The largest absolute Gasteiger partial charge is 0.490 e. The number of benzene rings is 1. The third-order valence-corrected chi connectivity index (χ3v) is 7.06. The summed E-state index contributed by atoms with van der Waals surface area (Å²) in [4.78, 5) is 0.257. The zero-order chi connectivity index (χ0) is 18.0. The maximum absolute atomic E-state index is 13.1. The van der Waals surface area contributed by atoms with Gasteiger partial charge in [0, 0.05) is 31.2 Å². The molecule has 0 saturated carbocycles. The van der Waals surface area contributed by atoms with Crippen molar-refractivity contribution in [2.24, 2.45) is 0 Å². The highest BCUT2D eigenvalue weighted by Gasteiger charge is 2.39. The molecule has 0 aliphatic carbocycles. The fraction of sp³-hybridized carbons (Fsp3) is 0.667. The molecule has 7 heteroatoms. The molecule has 2 saturated heterocycles. The van der Waals surface area contributed by atoms with Gasteiger partial charge in [-0.25, -0.2) is 8.42 Å². The topological polar surface area (TPSA) is 67.9 Å². The van der Waals surface area contributed by atoms with Crippen LogP contribution in [0, 0.1) is 0 Å². The molecule has 2 unspecified atom stereocenters. The number of rotatable bonds is 7. The Balaban J connectivity index is 1.84. The van der Waals surface area contributed by atoms with E-state index in [1.54, 1.807) is 29.6 Å². The number of hydrogen-bond acceptors (Lipinski definition) is 5. The molecule has 140 valence electrons. The van der Waals surface area contributed by atoms with Crippen LogP contribution in [0.5, 0.6) is 11.5 Å². The first-order valence-corrected chi connectivity index (χ1v) is 10.5. The molecule has 6 nitrogen and oxygen atoms in total. The molecule has 0 aromatic heterocycles. The molecule has 0 radical (unpaired) electrons. The average molecular weight is 368 g/mol. The summed E-state index contributed by atoms with van der Waals surface area (Å²) in [7, 11) is -1.86. The Hall–Kier alpha value is -1.31. The van der Waals surface area contributed by atoms with Gasteiger partial charge in [-0.15, -0.1) is 0 Å². The van der Waals surface area contributed by atoms with Crippen LogP contribution < -0.4 is 14.8 Å². The van der Waals surface area contributed by atoms with Crippen molar-refractivity contribution in [1.29, 1.82) is 0 Å². The van der Waals surface area contributed by atoms with Crippen LogP contribution in [0.2, 0.25) is 0 Å². The minimum Gasteiger partial charge on any atom is -0.490 e. The first kappa shape index (κ1) is 18.5. The van der Waals surface area contributed by atoms with Crippen molar-refractivity contribution in [2.75, 3.05) is 20.3 Å². The maximum atomic E-state index is 13.1. The van der Waals surface area contributed by atoms with Gasteiger partial charge in [-0.1, -0.05) is 0 Å². The lowest BCUT2D eigenvalue weighted by Gasteiger charge is -2.34. The van der Waals surface area contributed by atoms with Crippen LogP contribution in [0.3, 0.4) is 0 Å². The predicted octanol–water partition coefficient (Wildman–Crippen LogP) is 2.39. The van der Waals surface area contributed by atoms with E-state index < -0.39 is 10.0 Å². The Labute approximate surface area is 150 Å². The first-order chi connectivity index (χ1) is 12.0. The highest BCUT2D eigenvalue weighted by molar-refractivity contribution is 7.89. The second-order valence-electron chi connectivity index (χ2n) is 6.76. The third-order valence-electron chi connectivity index (χ3n) is 5.15. The Bertz CT molecular complexity index is 695. The summed E-state index contributed by atoms with van der Waals surface area (Å²) in [5.74, 6) is 1.05. The summed E-state index contributed by atoms with van der Waals surface area (Å²) in [6.45, 7) is 4.72. The van der Waals surface area contributed by atoms with Crippen LogP contribution >= 0.6 is 0 Å². The van der Waals surface area contributed by atoms with Crippen LogP contribution in [-0.4, -0.2) is 51.1 Å². The van der Waals surface area contributed by atoms with Crippen LogP contribution in [0.15, 0.2) is 23.1 Å². The molecule has 2 fully saturated rings. The number of sulfonamides is 1. The molecule has 2 heterocycles. The van der Waals surface area contributed by atoms with Crippen LogP contribution in [0.4, 0.5) is 0 Å². The molecule has 3 rings (SSSR count). The maximum Gasteiger partial charge on any atom is 0.243 e. The van der Waals surface area contributed by atoms with Crippen LogP contribution in [-0.2, 0) is 10.0 Å². The van der Waals surface area contributed by atoms with Crippen LogP contribution in [0.1, 0.15) is 39.5 Å². The van der Waals surface area contributed by atoms with Crippen molar-refractivity contribution in [1.82, 2.24) is 9.62 Å². The van der Waals surface area contributed by atoms with E-state index in [2.05, 4.69) is 5.32 Å². The van der Waals surface area contributed by atoms with Gasteiger partial charge in [0.2, 0.25) is 10.0 Å². The lowest BCUT2D eigenvalue weighted by molar-refractivity contribution is 0.251. The Morgan fingerprint density at radius 2 is 1.68 bits per heavy atom. The minimum atomic E-state index is -3.56. The third kappa shape index (κ3) is 3.78. The van der Waals surface area contributed by atoms with Gasteiger partial charge in [-0.05, 0) is 51.7 Å². The van der Waals surface area contributed by atoms with E-state index in [0.29, 0.717) is 36.8 Å². The Morgan fingerprint density at radius 3 is 2.28 bits per heavy atom. The summed E-state index contributed by atoms with van der Waals surface area (Å²) in [6.07, 6.45) is 4.04. The van der Waals surface area contributed by atoms with Crippen LogP contribution in [0.25, 0.3) is 0 Å². The van der Waals surface area contributed by atoms with E-state index in [1.165, 1.54) is 0 Å². The molecule has 1 aromatic rings. The van der Waals surface area contributed by atoms with Gasteiger partial charge in [0.05, 0.1) is 18.1 Å². The monoisotopic (exact) mass is 368 g/mol. The molecule has 1 aromatic carbocycles. The molecule has 1 N–H and O–H groups in total. The molecule has 0 spiro atoms. The standard InChI is InChI=1S/C18H28N2O4S/c1-4-23-17-9-8-16(12-18(17)24-5-2)25(21,22)20(3)15-10-13-6-7-14(11-15)19-13/h8-9,12-15,19H,4-7,10-11H2,1-3H3. The lowest BCUT2D eigenvalue weighted by Crippen LogP contribution is -2.48. The first-order valence-electron chi connectivity index (χ1n) is 9.09. The molecule has 2 aliphatic rings. The second kappa shape index (κ2) is 7.51. The molecule has 0 amide bonds. The fourth-order valence-electron chi connectivity index (χ4n) is 3.88.